The first kappa shape index (κ1) is 19.7. The first-order valence-electron chi connectivity index (χ1n) is 7.66. The molecule has 8 heteroatoms. The Morgan fingerprint density at radius 1 is 1.48 bits per heavy atom. The Hall–Kier alpha value is -1.32. The Morgan fingerprint density at radius 3 is 2.70 bits per heavy atom. The lowest BCUT2D eigenvalue weighted by molar-refractivity contribution is -0.146. The molecule has 0 aliphatic carbocycles. The van der Waals surface area contributed by atoms with Gasteiger partial charge in [0.25, 0.3) is 0 Å². The SMILES string of the molecule is CN=C(NCCn1cc(C)cn1)N1CCC(C(=O)OC)CC1.I. The third-order valence-electron chi connectivity index (χ3n) is 3.93. The molecule has 0 amide bonds. The van der Waals surface area contributed by atoms with Gasteiger partial charge in [0.05, 0.1) is 25.8 Å². The highest BCUT2D eigenvalue weighted by molar-refractivity contribution is 14.0. The number of aryl methyl sites for hydroxylation is 1. The number of nitrogens with one attached hydrogen (secondary N) is 1. The van der Waals surface area contributed by atoms with Crippen molar-refractivity contribution in [2.45, 2.75) is 26.3 Å². The number of guanidine groups is 1. The van der Waals surface area contributed by atoms with Gasteiger partial charge in [0, 0.05) is 32.9 Å². The van der Waals surface area contributed by atoms with E-state index in [1.54, 1.807) is 7.05 Å². The number of aliphatic imine (C=N–C) groups is 1. The highest BCUT2D eigenvalue weighted by atomic mass is 127. The van der Waals surface area contributed by atoms with Gasteiger partial charge in [-0.25, -0.2) is 0 Å². The zero-order valence-corrected chi connectivity index (χ0v) is 16.3. The largest absolute Gasteiger partial charge is 0.469 e. The highest BCUT2D eigenvalue weighted by Crippen LogP contribution is 2.18. The van der Waals surface area contributed by atoms with Gasteiger partial charge < -0.3 is 15.0 Å². The van der Waals surface area contributed by atoms with Crippen LogP contribution in [0.25, 0.3) is 0 Å². The van der Waals surface area contributed by atoms with E-state index >= 15 is 0 Å². The minimum Gasteiger partial charge on any atom is -0.469 e. The standard InChI is InChI=1S/C15H25N5O2.HI/c1-12-10-18-20(11-12)9-6-17-15(16-2)19-7-4-13(5-8-19)14(21)22-3;/h10-11,13H,4-9H2,1-3H3,(H,16,17);1H. The summed E-state index contributed by atoms with van der Waals surface area (Å²) in [6.07, 6.45) is 5.50. The first-order valence-corrected chi connectivity index (χ1v) is 7.66. The molecular weight excluding hydrogens is 409 g/mol. The fourth-order valence-corrected chi connectivity index (χ4v) is 2.70. The average molecular weight is 435 g/mol. The number of carbonyl (C=O) groups excluding carboxylic acids is 1. The fourth-order valence-electron chi connectivity index (χ4n) is 2.70. The molecule has 0 aromatic carbocycles. The molecule has 1 fully saturated rings. The Morgan fingerprint density at radius 2 is 2.17 bits per heavy atom. The van der Waals surface area contributed by atoms with Crippen LogP contribution in [0.5, 0.6) is 0 Å². The normalized spacial score (nSPS) is 16.0. The molecule has 1 aliphatic heterocycles. The van der Waals surface area contributed by atoms with E-state index < -0.39 is 0 Å². The minimum atomic E-state index is -0.100. The molecule has 0 spiro atoms. The Bertz CT molecular complexity index is 524. The molecule has 1 saturated heterocycles. The van der Waals surface area contributed by atoms with Gasteiger partial charge in [0.1, 0.15) is 0 Å². The van der Waals surface area contributed by atoms with E-state index in [-0.39, 0.29) is 35.9 Å². The molecule has 0 atom stereocenters. The third kappa shape index (κ3) is 5.67. The van der Waals surface area contributed by atoms with E-state index in [0.717, 1.165) is 50.5 Å². The molecule has 1 aliphatic rings. The zero-order valence-electron chi connectivity index (χ0n) is 14.0. The van der Waals surface area contributed by atoms with Crippen molar-refractivity contribution in [1.82, 2.24) is 20.0 Å². The summed E-state index contributed by atoms with van der Waals surface area (Å²) >= 11 is 0. The number of hydrogen-bond donors (Lipinski definition) is 1. The van der Waals surface area contributed by atoms with Gasteiger partial charge in [-0.2, -0.15) is 5.10 Å². The molecule has 0 bridgehead atoms. The molecule has 2 rings (SSSR count). The summed E-state index contributed by atoms with van der Waals surface area (Å²) in [6.45, 7) is 5.23. The summed E-state index contributed by atoms with van der Waals surface area (Å²) in [4.78, 5) is 18.1. The van der Waals surface area contributed by atoms with Crippen molar-refractivity contribution in [1.29, 1.82) is 0 Å². The van der Waals surface area contributed by atoms with Crippen LogP contribution in [0.4, 0.5) is 0 Å². The van der Waals surface area contributed by atoms with Gasteiger partial charge in [-0.15, -0.1) is 24.0 Å². The number of methoxy groups -OCH3 is 1. The highest BCUT2D eigenvalue weighted by Gasteiger charge is 2.26. The van der Waals surface area contributed by atoms with Crippen LogP contribution >= 0.6 is 24.0 Å². The maximum atomic E-state index is 11.5. The Balaban J connectivity index is 0.00000264. The van der Waals surface area contributed by atoms with E-state index in [9.17, 15) is 4.79 Å². The maximum Gasteiger partial charge on any atom is 0.308 e. The van der Waals surface area contributed by atoms with Gasteiger partial charge in [0.15, 0.2) is 5.96 Å². The van der Waals surface area contributed by atoms with Crippen LogP contribution in [-0.2, 0) is 16.1 Å². The van der Waals surface area contributed by atoms with Crippen molar-refractivity contribution in [2.75, 3.05) is 33.8 Å². The van der Waals surface area contributed by atoms with E-state index in [0.29, 0.717) is 0 Å². The molecule has 1 aromatic heterocycles. The predicted octanol–water partition coefficient (Wildman–Crippen LogP) is 1.27. The quantitative estimate of drug-likeness (QED) is 0.334. The minimum absolute atomic E-state index is 0. The van der Waals surface area contributed by atoms with Crippen LogP contribution in [0.2, 0.25) is 0 Å². The van der Waals surface area contributed by atoms with E-state index in [1.165, 1.54) is 7.11 Å². The number of piperidine rings is 1. The van der Waals surface area contributed by atoms with E-state index in [4.69, 9.17) is 4.74 Å². The van der Waals surface area contributed by atoms with E-state index in [2.05, 4.69) is 20.3 Å². The lowest BCUT2D eigenvalue weighted by Crippen LogP contribution is -2.47. The average Bonchev–Trinajstić information content (AvgIpc) is 2.96. The fraction of sp³-hybridized carbons (Fsp3) is 0.667. The number of ether oxygens (including phenoxy) is 1. The molecule has 130 valence electrons. The van der Waals surface area contributed by atoms with Crippen molar-refractivity contribution in [3.63, 3.8) is 0 Å². The number of carbonyl (C=O) groups is 1. The van der Waals surface area contributed by atoms with Gasteiger partial charge in [0.2, 0.25) is 0 Å². The number of nitrogens with zero attached hydrogens (tertiary/aromatic N) is 4. The smallest absolute Gasteiger partial charge is 0.308 e. The van der Waals surface area contributed by atoms with Crippen LogP contribution < -0.4 is 5.32 Å². The summed E-state index contributed by atoms with van der Waals surface area (Å²) in [5, 5.41) is 7.62. The molecule has 0 unspecified atom stereocenters. The van der Waals surface area contributed by atoms with E-state index in [1.807, 2.05) is 24.0 Å². The summed E-state index contributed by atoms with van der Waals surface area (Å²) in [6, 6.07) is 0. The third-order valence-corrected chi connectivity index (χ3v) is 3.93. The molecule has 1 aromatic rings. The molecule has 0 radical (unpaired) electrons. The zero-order chi connectivity index (χ0) is 15.9. The molecule has 23 heavy (non-hydrogen) atoms. The number of aromatic nitrogens is 2. The second kappa shape index (κ2) is 9.74. The molecule has 2 heterocycles. The number of hydrogen-bond acceptors (Lipinski definition) is 4. The lowest BCUT2D eigenvalue weighted by Gasteiger charge is -2.33. The molecule has 1 N–H and O–H groups in total. The van der Waals surface area contributed by atoms with Crippen LogP contribution in [-0.4, -0.2) is 60.4 Å². The van der Waals surface area contributed by atoms with Crippen LogP contribution in [0.1, 0.15) is 18.4 Å². The monoisotopic (exact) mass is 435 g/mol. The van der Waals surface area contributed by atoms with Crippen LogP contribution in [0.15, 0.2) is 17.4 Å². The summed E-state index contributed by atoms with van der Waals surface area (Å²) in [5.74, 6) is 0.801. The van der Waals surface area contributed by atoms with Gasteiger partial charge in [-0.3, -0.25) is 14.5 Å². The molecule has 7 nitrogen and oxygen atoms in total. The Labute approximate surface area is 154 Å². The van der Waals surface area contributed by atoms with Crippen molar-refractivity contribution in [3.8, 4) is 0 Å². The predicted molar refractivity (Wildman–Crippen MR) is 100 cm³/mol. The lowest BCUT2D eigenvalue weighted by atomic mass is 9.97. The summed E-state index contributed by atoms with van der Waals surface area (Å²) in [7, 11) is 3.24. The van der Waals surface area contributed by atoms with Crippen LogP contribution in [0.3, 0.4) is 0 Å². The van der Waals surface area contributed by atoms with Crippen molar-refractivity contribution >= 4 is 35.9 Å². The topological polar surface area (TPSA) is 71.8 Å². The molecular formula is C15H26IN5O2. The Kier molecular flexibility index (Phi) is 8.35. The van der Waals surface area contributed by atoms with Gasteiger partial charge in [-0.05, 0) is 25.3 Å². The maximum absolute atomic E-state index is 11.5. The summed E-state index contributed by atoms with van der Waals surface area (Å²) < 4.78 is 6.73. The second-order valence-electron chi connectivity index (χ2n) is 5.54. The number of esters is 1. The van der Waals surface area contributed by atoms with Crippen molar-refractivity contribution in [2.24, 2.45) is 10.9 Å². The number of halogens is 1. The van der Waals surface area contributed by atoms with Gasteiger partial charge >= 0.3 is 5.97 Å². The number of likely N-dealkylation sites (tertiary alicyclic amines) is 1. The van der Waals surface area contributed by atoms with Gasteiger partial charge in [-0.1, -0.05) is 0 Å². The van der Waals surface area contributed by atoms with Crippen LogP contribution in [0, 0.1) is 12.8 Å². The number of rotatable bonds is 4. The second-order valence-corrected chi connectivity index (χ2v) is 5.54. The first-order chi connectivity index (χ1) is 10.6. The summed E-state index contributed by atoms with van der Waals surface area (Å²) in [5.41, 5.74) is 1.16. The van der Waals surface area contributed by atoms with Crippen molar-refractivity contribution < 1.29 is 9.53 Å². The van der Waals surface area contributed by atoms with Crippen molar-refractivity contribution in [3.05, 3.63) is 18.0 Å². The molecule has 0 saturated carbocycles.